The molecule has 126 valence electrons. The Bertz CT molecular complexity index is 808. The van der Waals surface area contributed by atoms with Crippen molar-refractivity contribution in [3.8, 4) is 0 Å². The smallest absolute Gasteiger partial charge is 0.237 e. The van der Waals surface area contributed by atoms with Crippen molar-refractivity contribution in [3.05, 3.63) is 35.5 Å². The van der Waals surface area contributed by atoms with Crippen molar-refractivity contribution in [1.82, 2.24) is 9.88 Å². The molecule has 1 aliphatic carbocycles. The molecule has 2 amide bonds. The average Bonchev–Trinajstić information content (AvgIpc) is 3.05. The summed E-state index contributed by atoms with van der Waals surface area (Å²) in [5.74, 6) is -0.417. The molecular formula is C19H24N3O2+. The van der Waals surface area contributed by atoms with Gasteiger partial charge in [-0.3, -0.25) is 14.5 Å². The van der Waals surface area contributed by atoms with Crippen LogP contribution in [0.1, 0.15) is 30.0 Å². The molecule has 1 aromatic carbocycles. The van der Waals surface area contributed by atoms with Gasteiger partial charge in [0.25, 0.3) is 0 Å². The number of carbonyl (C=O) groups is 2. The molecule has 2 heterocycles. The molecule has 2 atom stereocenters. The Kier molecular flexibility index (Phi) is 3.68. The number of amides is 2. The highest BCUT2D eigenvalue weighted by molar-refractivity contribution is 6.10. The maximum atomic E-state index is 13.0. The minimum absolute atomic E-state index is 0.00413. The minimum Gasteiger partial charge on any atom is -0.358 e. The number of para-hydroxylation sites is 1. The lowest BCUT2D eigenvalue weighted by molar-refractivity contribution is -0.858. The molecule has 2 aliphatic rings. The Morgan fingerprint density at radius 1 is 1.21 bits per heavy atom. The highest BCUT2D eigenvalue weighted by atomic mass is 16.2. The first-order chi connectivity index (χ1) is 11.6. The zero-order valence-corrected chi connectivity index (χ0v) is 14.3. The summed E-state index contributed by atoms with van der Waals surface area (Å²) in [7, 11) is 4.18. The number of hydrogen-bond acceptors (Lipinski definition) is 2. The fourth-order valence-electron chi connectivity index (χ4n) is 4.29. The number of hydrogen-bond donors (Lipinski definition) is 2. The Balaban J connectivity index is 1.68. The molecule has 4 rings (SSSR count). The summed E-state index contributed by atoms with van der Waals surface area (Å²) in [4.78, 5) is 32.1. The third-order valence-corrected chi connectivity index (χ3v) is 5.42. The number of likely N-dealkylation sites (tertiary alicyclic amines) is 1. The van der Waals surface area contributed by atoms with E-state index in [4.69, 9.17) is 0 Å². The molecule has 0 radical (unpaired) electrons. The maximum Gasteiger partial charge on any atom is 0.237 e. The maximum absolute atomic E-state index is 13.0. The second kappa shape index (κ2) is 5.74. The number of aromatic amines is 1. The van der Waals surface area contributed by atoms with Gasteiger partial charge in [-0.25, -0.2) is 0 Å². The van der Waals surface area contributed by atoms with Crippen LogP contribution in [0.5, 0.6) is 0 Å². The molecule has 2 N–H and O–H groups in total. The van der Waals surface area contributed by atoms with E-state index in [9.17, 15) is 9.59 Å². The van der Waals surface area contributed by atoms with Gasteiger partial charge in [-0.2, -0.15) is 0 Å². The number of aromatic nitrogens is 1. The van der Waals surface area contributed by atoms with E-state index in [0.717, 1.165) is 48.0 Å². The quantitative estimate of drug-likeness (QED) is 0.814. The Morgan fingerprint density at radius 3 is 2.79 bits per heavy atom. The van der Waals surface area contributed by atoms with Gasteiger partial charge in [0.1, 0.15) is 0 Å². The largest absolute Gasteiger partial charge is 0.358 e. The van der Waals surface area contributed by atoms with Crippen molar-refractivity contribution in [1.29, 1.82) is 0 Å². The molecule has 0 bridgehead atoms. The average molecular weight is 326 g/mol. The van der Waals surface area contributed by atoms with Crippen LogP contribution in [0.4, 0.5) is 0 Å². The van der Waals surface area contributed by atoms with Crippen molar-refractivity contribution in [2.75, 3.05) is 27.2 Å². The topological polar surface area (TPSA) is 57.6 Å². The number of nitrogens with one attached hydrogen (secondary N) is 2. The first kappa shape index (κ1) is 15.4. The van der Waals surface area contributed by atoms with Crippen molar-refractivity contribution in [2.45, 2.75) is 25.2 Å². The molecule has 0 saturated carbocycles. The van der Waals surface area contributed by atoms with Crippen LogP contribution < -0.4 is 4.90 Å². The molecule has 0 spiro atoms. The monoisotopic (exact) mass is 326 g/mol. The first-order valence-corrected chi connectivity index (χ1v) is 8.81. The normalized spacial score (nSPS) is 23.2. The molecule has 1 aliphatic heterocycles. The van der Waals surface area contributed by atoms with Crippen LogP contribution in [0.15, 0.2) is 24.3 Å². The minimum atomic E-state index is -0.288. The summed E-state index contributed by atoms with van der Waals surface area (Å²) in [5, 5.41) is 1.10. The van der Waals surface area contributed by atoms with E-state index in [0.29, 0.717) is 6.54 Å². The van der Waals surface area contributed by atoms with Gasteiger partial charge in [-0.15, -0.1) is 0 Å². The fraction of sp³-hybridized carbons (Fsp3) is 0.474. The van der Waals surface area contributed by atoms with Gasteiger partial charge in [0, 0.05) is 29.6 Å². The molecule has 1 saturated heterocycles. The van der Waals surface area contributed by atoms with Gasteiger partial charge >= 0.3 is 0 Å². The SMILES string of the molecule is C[NH+](C)CCCN1C(=O)[C@@H]2c3c([nH]c4ccccc34)CC[C@H]2C1=O. The summed E-state index contributed by atoms with van der Waals surface area (Å²) in [6, 6.07) is 8.10. The van der Waals surface area contributed by atoms with Crippen LogP contribution >= 0.6 is 0 Å². The van der Waals surface area contributed by atoms with Crippen molar-refractivity contribution >= 4 is 22.7 Å². The van der Waals surface area contributed by atoms with Crippen LogP contribution in [0, 0.1) is 5.92 Å². The second-order valence-corrected chi connectivity index (χ2v) is 7.32. The molecule has 5 heteroatoms. The zero-order chi connectivity index (χ0) is 16.8. The second-order valence-electron chi connectivity index (χ2n) is 7.32. The Hall–Kier alpha value is -2.14. The highest BCUT2D eigenvalue weighted by Crippen LogP contribution is 2.45. The van der Waals surface area contributed by atoms with E-state index < -0.39 is 0 Å². The molecule has 5 nitrogen and oxygen atoms in total. The van der Waals surface area contributed by atoms with Crippen LogP contribution in [-0.2, 0) is 16.0 Å². The van der Waals surface area contributed by atoms with Gasteiger partial charge in [0.05, 0.1) is 32.5 Å². The van der Waals surface area contributed by atoms with E-state index in [1.54, 1.807) is 0 Å². The van der Waals surface area contributed by atoms with Crippen molar-refractivity contribution in [3.63, 3.8) is 0 Å². The number of carbonyl (C=O) groups excluding carboxylic acids is 2. The van der Waals surface area contributed by atoms with Crippen molar-refractivity contribution < 1.29 is 14.5 Å². The number of nitrogens with zero attached hydrogens (tertiary/aromatic N) is 1. The third-order valence-electron chi connectivity index (χ3n) is 5.42. The van der Waals surface area contributed by atoms with E-state index in [2.05, 4.69) is 25.1 Å². The van der Waals surface area contributed by atoms with Gasteiger partial charge in [-0.05, 0) is 24.5 Å². The lowest BCUT2D eigenvalue weighted by Gasteiger charge is -2.21. The Labute approximate surface area is 141 Å². The number of rotatable bonds is 4. The van der Waals surface area contributed by atoms with Crippen LogP contribution in [0.2, 0.25) is 0 Å². The molecule has 1 aromatic heterocycles. The predicted octanol–water partition coefficient (Wildman–Crippen LogP) is 0.717. The number of imide groups is 1. The summed E-state index contributed by atoms with van der Waals surface area (Å²) in [6.45, 7) is 1.51. The lowest BCUT2D eigenvalue weighted by atomic mass is 9.78. The molecule has 1 fully saturated rings. The van der Waals surface area contributed by atoms with Crippen LogP contribution in [-0.4, -0.2) is 48.9 Å². The molecule has 24 heavy (non-hydrogen) atoms. The third kappa shape index (κ3) is 2.26. The molecular weight excluding hydrogens is 302 g/mol. The highest BCUT2D eigenvalue weighted by Gasteiger charge is 2.51. The van der Waals surface area contributed by atoms with Gasteiger partial charge in [-0.1, -0.05) is 18.2 Å². The predicted molar refractivity (Wildman–Crippen MR) is 91.9 cm³/mol. The van der Waals surface area contributed by atoms with Crippen molar-refractivity contribution in [2.24, 2.45) is 5.92 Å². The van der Waals surface area contributed by atoms with E-state index in [-0.39, 0.29) is 23.7 Å². The fourth-order valence-corrected chi connectivity index (χ4v) is 4.29. The number of H-pyrrole nitrogens is 1. The first-order valence-electron chi connectivity index (χ1n) is 8.81. The summed E-state index contributed by atoms with van der Waals surface area (Å²) < 4.78 is 0. The summed E-state index contributed by atoms with van der Waals surface area (Å²) in [6.07, 6.45) is 2.48. The number of aryl methyl sites for hydroxylation is 1. The lowest BCUT2D eigenvalue weighted by Crippen LogP contribution is -3.05. The van der Waals surface area contributed by atoms with Crippen LogP contribution in [0.3, 0.4) is 0 Å². The number of fused-ring (bicyclic) bond motifs is 5. The standard InChI is InChI=1S/C19H23N3O2/c1-21(2)10-5-11-22-18(23)13-8-9-15-16(17(13)19(22)24)12-6-3-4-7-14(12)20-15/h3-4,6-7,13,17,20H,5,8-11H2,1-2H3/p+1/t13-,17+/m1/s1. The van der Waals surface area contributed by atoms with Gasteiger partial charge in [0.2, 0.25) is 11.8 Å². The number of quaternary nitrogens is 1. The van der Waals surface area contributed by atoms with Crippen LogP contribution in [0.25, 0.3) is 10.9 Å². The summed E-state index contributed by atoms with van der Waals surface area (Å²) in [5.41, 5.74) is 3.28. The molecule has 0 unspecified atom stereocenters. The van der Waals surface area contributed by atoms with E-state index >= 15 is 0 Å². The number of benzene rings is 1. The van der Waals surface area contributed by atoms with E-state index in [1.807, 2.05) is 18.2 Å². The zero-order valence-electron chi connectivity index (χ0n) is 14.3. The van der Waals surface area contributed by atoms with E-state index in [1.165, 1.54) is 9.80 Å². The summed E-state index contributed by atoms with van der Waals surface area (Å²) >= 11 is 0. The molecule has 2 aromatic rings. The Morgan fingerprint density at radius 2 is 2.00 bits per heavy atom. The van der Waals surface area contributed by atoms with Gasteiger partial charge < -0.3 is 9.88 Å². The van der Waals surface area contributed by atoms with Gasteiger partial charge in [0.15, 0.2) is 0 Å².